The largest absolute Gasteiger partial charge is 0.352 e. The topological polar surface area (TPSA) is 66.5 Å². The summed E-state index contributed by atoms with van der Waals surface area (Å²) >= 11 is 0. The zero-order chi connectivity index (χ0) is 16.6. The van der Waals surface area contributed by atoms with Gasteiger partial charge in [-0.25, -0.2) is 8.42 Å². The summed E-state index contributed by atoms with van der Waals surface area (Å²) in [6, 6.07) is 6.25. The Morgan fingerprint density at radius 3 is 2.27 bits per heavy atom. The number of amides is 1. The van der Waals surface area contributed by atoms with Gasteiger partial charge in [0.2, 0.25) is 10.0 Å². The van der Waals surface area contributed by atoms with Crippen LogP contribution in [0.1, 0.15) is 50.4 Å². The van der Waals surface area contributed by atoms with E-state index in [0.717, 1.165) is 19.3 Å². The van der Waals surface area contributed by atoms with Gasteiger partial charge in [0, 0.05) is 25.2 Å². The Hall–Kier alpha value is -1.40. The van der Waals surface area contributed by atoms with Gasteiger partial charge in [-0.3, -0.25) is 4.79 Å². The summed E-state index contributed by atoms with van der Waals surface area (Å²) in [7, 11) is -3.55. The number of benzene rings is 1. The van der Waals surface area contributed by atoms with E-state index >= 15 is 0 Å². The van der Waals surface area contributed by atoms with Crippen LogP contribution in [-0.4, -0.2) is 38.3 Å². The van der Waals surface area contributed by atoms with E-state index in [1.165, 1.54) is 10.4 Å². The molecule has 0 aliphatic carbocycles. The monoisotopic (exact) mass is 326 g/mol. The quantitative estimate of drug-likeness (QED) is 0.758. The van der Waals surface area contributed by atoms with E-state index in [1.807, 2.05) is 20.8 Å². The molecule has 1 rings (SSSR count). The maximum atomic E-state index is 12.7. The van der Waals surface area contributed by atoms with E-state index in [4.69, 9.17) is 0 Å². The average molecular weight is 326 g/mol. The fraction of sp³-hybridized carbons (Fsp3) is 0.562. The molecule has 1 N–H and O–H groups in total. The lowest BCUT2D eigenvalue weighted by atomic mass is 10.2. The van der Waals surface area contributed by atoms with Crippen molar-refractivity contribution in [1.82, 2.24) is 9.62 Å². The molecule has 0 atom stereocenters. The number of carbonyl (C=O) groups excluding carboxylic acids is 1. The fourth-order valence-corrected chi connectivity index (χ4v) is 3.81. The van der Waals surface area contributed by atoms with Gasteiger partial charge in [-0.05, 0) is 37.5 Å². The predicted octanol–water partition coefficient (Wildman–Crippen LogP) is 2.64. The van der Waals surface area contributed by atoms with Crippen LogP contribution in [0.2, 0.25) is 0 Å². The highest BCUT2D eigenvalue weighted by molar-refractivity contribution is 7.89. The number of hydrogen-bond donors (Lipinski definition) is 1. The minimum atomic E-state index is -3.55. The third kappa shape index (κ3) is 4.81. The second-order valence-corrected chi connectivity index (χ2v) is 7.13. The standard InChI is InChI=1S/C16H26N2O3S/c1-4-10-17-16(19)14-8-7-9-15(13-14)22(20,21)18(11-5-2)12-6-3/h7-9,13H,4-6,10-12H2,1-3H3,(H,17,19). The lowest BCUT2D eigenvalue weighted by Crippen LogP contribution is -2.33. The molecule has 0 heterocycles. The molecule has 22 heavy (non-hydrogen) atoms. The van der Waals surface area contributed by atoms with Crippen LogP contribution in [0.4, 0.5) is 0 Å². The highest BCUT2D eigenvalue weighted by Crippen LogP contribution is 2.18. The van der Waals surface area contributed by atoms with Crippen LogP contribution in [0, 0.1) is 0 Å². The molecule has 1 aromatic rings. The molecule has 0 saturated heterocycles. The molecule has 0 saturated carbocycles. The van der Waals surface area contributed by atoms with Crippen molar-refractivity contribution in [2.45, 2.75) is 44.9 Å². The van der Waals surface area contributed by atoms with Crippen LogP contribution < -0.4 is 5.32 Å². The van der Waals surface area contributed by atoms with Gasteiger partial charge in [0.15, 0.2) is 0 Å². The molecular weight excluding hydrogens is 300 g/mol. The van der Waals surface area contributed by atoms with E-state index in [1.54, 1.807) is 18.2 Å². The maximum absolute atomic E-state index is 12.7. The highest BCUT2D eigenvalue weighted by atomic mass is 32.2. The molecule has 0 unspecified atom stereocenters. The number of carbonyl (C=O) groups is 1. The van der Waals surface area contributed by atoms with Crippen molar-refractivity contribution >= 4 is 15.9 Å². The third-order valence-corrected chi connectivity index (χ3v) is 5.11. The summed E-state index contributed by atoms with van der Waals surface area (Å²) in [5.41, 5.74) is 0.377. The van der Waals surface area contributed by atoms with Crippen molar-refractivity contribution in [1.29, 1.82) is 0 Å². The summed E-state index contributed by atoms with van der Waals surface area (Å²) in [5.74, 6) is -0.239. The van der Waals surface area contributed by atoms with Gasteiger partial charge in [0.05, 0.1) is 4.90 Å². The molecule has 0 aliphatic rings. The first-order valence-electron chi connectivity index (χ1n) is 7.85. The number of hydrogen-bond acceptors (Lipinski definition) is 3. The smallest absolute Gasteiger partial charge is 0.251 e. The number of sulfonamides is 1. The first-order chi connectivity index (χ1) is 10.5. The molecule has 1 aromatic carbocycles. The molecule has 6 heteroatoms. The minimum absolute atomic E-state index is 0.179. The van der Waals surface area contributed by atoms with Crippen molar-refractivity contribution < 1.29 is 13.2 Å². The summed E-state index contributed by atoms with van der Waals surface area (Å²) in [5, 5.41) is 2.76. The van der Waals surface area contributed by atoms with Gasteiger partial charge in [-0.1, -0.05) is 26.8 Å². The first-order valence-corrected chi connectivity index (χ1v) is 9.29. The Morgan fingerprint density at radius 2 is 1.73 bits per heavy atom. The molecule has 1 amide bonds. The molecule has 0 radical (unpaired) electrons. The summed E-state index contributed by atoms with van der Waals surface area (Å²) in [6.07, 6.45) is 2.36. The maximum Gasteiger partial charge on any atom is 0.251 e. The molecule has 0 bridgehead atoms. The average Bonchev–Trinajstić information content (AvgIpc) is 2.52. The van der Waals surface area contributed by atoms with Crippen LogP contribution in [0.5, 0.6) is 0 Å². The summed E-state index contributed by atoms with van der Waals surface area (Å²) in [6.45, 7) is 7.42. The van der Waals surface area contributed by atoms with Crippen LogP contribution in [0.25, 0.3) is 0 Å². The van der Waals surface area contributed by atoms with Crippen molar-refractivity contribution in [2.24, 2.45) is 0 Å². The number of nitrogens with one attached hydrogen (secondary N) is 1. The van der Waals surface area contributed by atoms with Crippen LogP contribution >= 0.6 is 0 Å². The van der Waals surface area contributed by atoms with Crippen LogP contribution in [0.15, 0.2) is 29.2 Å². The van der Waals surface area contributed by atoms with Crippen molar-refractivity contribution in [3.63, 3.8) is 0 Å². The lowest BCUT2D eigenvalue weighted by Gasteiger charge is -2.21. The van der Waals surface area contributed by atoms with Crippen molar-refractivity contribution in [3.05, 3.63) is 29.8 Å². The summed E-state index contributed by atoms with van der Waals surface area (Å²) < 4.78 is 26.9. The van der Waals surface area contributed by atoms with Gasteiger partial charge in [0.1, 0.15) is 0 Å². The van der Waals surface area contributed by atoms with Gasteiger partial charge < -0.3 is 5.32 Å². The fourth-order valence-electron chi connectivity index (χ4n) is 2.14. The molecule has 0 fully saturated rings. The van der Waals surface area contributed by atoms with Crippen molar-refractivity contribution in [2.75, 3.05) is 19.6 Å². The van der Waals surface area contributed by atoms with Crippen molar-refractivity contribution in [3.8, 4) is 0 Å². The normalized spacial score (nSPS) is 11.6. The second-order valence-electron chi connectivity index (χ2n) is 5.19. The highest BCUT2D eigenvalue weighted by Gasteiger charge is 2.23. The first kappa shape index (κ1) is 18.6. The van der Waals surface area contributed by atoms with Gasteiger partial charge in [-0.2, -0.15) is 4.31 Å². The molecule has 0 aromatic heterocycles. The molecule has 0 spiro atoms. The number of nitrogens with zero attached hydrogens (tertiary/aromatic N) is 1. The van der Waals surface area contributed by atoms with E-state index in [9.17, 15) is 13.2 Å². The van der Waals surface area contributed by atoms with Gasteiger partial charge in [0.25, 0.3) is 5.91 Å². The Kier molecular flexibility index (Phi) is 7.55. The van der Waals surface area contributed by atoms with Crippen LogP contribution in [0.3, 0.4) is 0 Å². The van der Waals surface area contributed by atoms with Gasteiger partial charge in [-0.15, -0.1) is 0 Å². The predicted molar refractivity (Wildman–Crippen MR) is 88.4 cm³/mol. The van der Waals surface area contributed by atoms with Crippen LogP contribution in [-0.2, 0) is 10.0 Å². The van der Waals surface area contributed by atoms with E-state index in [-0.39, 0.29) is 10.8 Å². The summed E-state index contributed by atoms with van der Waals surface area (Å²) in [4.78, 5) is 12.2. The van der Waals surface area contributed by atoms with E-state index in [0.29, 0.717) is 25.2 Å². The zero-order valence-electron chi connectivity index (χ0n) is 13.6. The Balaban J connectivity index is 3.06. The third-order valence-electron chi connectivity index (χ3n) is 3.22. The zero-order valence-corrected chi connectivity index (χ0v) is 14.4. The molecule has 124 valence electrons. The number of rotatable bonds is 9. The molecule has 0 aliphatic heterocycles. The van der Waals surface area contributed by atoms with E-state index in [2.05, 4.69) is 5.32 Å². The SMILES string of the molecule is CCCNC(=O)c1cccc(S(=O)(=O)N(CCC)CCC)c1. The Morgan fingerprint density at radius 1 is 1.09 bits per heavy atom. The van der Waals surface area contributed by atoms with Gasteiger partial charge >= 0.3 is 0 Å². The Labute approximate surface area is 133 Å². The molecular formula is C16H26N2O3S. The van der Waals surface area contributed by atoms with E-state index < -0.39 is 10.0 Å². The lowest BCUT2D eigenvalue weighted by molar-refractivity contribution is 0.0953. The molecule has 5 nitrogen and oxygen atoms in total. The minimum Gasteiger partial charge on any atom is -0.352 e. The second kappa shape index (κ2) is 8.90. The Bertz CT molecular complexity index is 579.